The molecule has 96 valence electrons. The number of hydrogen-bond donors (Lipinski definition) is 2. The number of amides is 1. The van der Waals surface area contributed by atoms with Gasteiger partial charge in [-0.25, -0.2) is 14.8 Å². The summed E-state index contributed by atoms with van der Waals surface area (Å²) in [4.78, 5) is 31.3. The van der Waals surface area contributed by atoms with E-state index in [1.54, 1.807) is 4.90 Å². The largest absolute Gasteiger partial charge is 0.476 e. The van der Waals surface area contributed by atoms with E-state index >= 15 is 0 Å². The van der Waals surface area contributed by atoms with Gasteiger partial charge in [0.05, 0.1) is 25.6 Å². The van der Waals surface area contributed by atoms with Gasteiger partial charge >= 0.3 is 5.97 Å². The summed E-state index contributed by atoms with van der Waals surface area (Å²) in [6.45, 7) is 1.10. The van der Waals surface area contributed by atoms with Crippen LogP contribution in [-0.2, 0) is 9.53 Å². The normalized spacial score (nSPS) is 19.6. The number of hydrogen-bond acceptors (Lipinski definition) is 6. The van der Waals surface area contributed by atoms with Crippen LogP contribution in [0.4, 0.5) is 5.82 Å². The fraction of sp³-hybridized carbons (Fsp3) is 0.400. The van der Waals surface area contributed by atoms with Gasteiger partial charge in [0.1, 0.15) is 11.9 Å². The molecule has 0 radical (unpaired) electrons. The number of nitrogens with zero attached hydrogens (tertiary/aromatic N) is 3. The summed E-state index contributed by atoms with van der Waals surface area (Å²) in [7, 11) is 0. The van der Waals surface area contributed by atoms with Gasteiger partial charge in [0.2, 0.25) is 5.91 Å². The average molecular weight is 252 g/mol. The van der Waals surface area contributed by atoms with Crippen LogP contribution in [0.25, 0.3) is 0 Å². The zero-order valence-electron chi connectivity index (χ0n) is 9.44. The van der Waals surface area contributed by atoms with E-state index in [4.69, 9.17) is 15.6 Å². The van der Waals surface area contributed by atoms with Crippen molar-refractivity contribution in [1.82, 2.24) is 9.97 Å². The first kappa shape index (κ1) is 12.2. The number of aromatic carboxylic acids is 1. The summed E-state index contributed by atoms with van der Waals surface area (Å²) in [6.07, 6.45) is 2.45. The van der Waals surface area contributed by atoms with Crippen LogP contribution in [0.3, 0.4) is 0 Å². The minimum absolute atomic E-state index is 0.150. The number of aromatic nitrogens is 2. The molecule has 1 amide bonds. The van der Waals surface area contributed by atoms with Gasteiger partial charge in [0.15, 0.2) is 5.69 Å². The van der Waals surface area contributed by atoms with Gasteiger partial charge in [0, 0.05) is 6.54 Å². The van der Waals surface area contributed by atoms with Crippen LogP contribution in [0.5, 0.6) is 0 Å². The first-order valence-electron chi connectivity index (χ1n) is 5.28. The summed E-state index contributed by atoms with van der Waals surface area (Å²) in [6, 6.07) is -0.608. The number of morpholine rings is 1. The Morgan fingerprint density at radius 2 is 2.22 bits per heavy atom. The van der Waals surface area contributed by atoms with E-state index in [-0.39, 0.29) is 12.3 Å². The van der Waals surface area contributed by atoms with Crippen molar-refractivity contribution in [3.05, 3.63) is 18.1 Å². The topological polar surface area (TPSA) is 119 Å². The minimum atomic E-state index is -1.15. The molecule has 1 fully saturated rings. The average Bonchev–Trinajstić information content (AvgIpc) is 2.39. The van der Waals surface area contributed by atoms with Gasteiger partial charge < -0.3 is 20.5 Å². The number of carbonyl (C=O) groups excluding carboxylic acids is 1. The van der Waals surface area contributed by atoms with Crippen LogP contribution >= 0.6 is 0 Å². The Balaban J connectivity index is 2.23. The molecule has 1 atom stereocenters. The van der Waals surface area contributed by atoms with E-state index in [1.165, 1.54) is 6.20 Å². The molecule has 8 heteroatoms. The molecule has 2 rings (SSSR count). The summed E-state index contributed by atoms with van der Waals surface area (Å²) in [5.41, 5.74) is 5.12. The van der Waals surface area contributed by atoms with Crippen molar-refractivity contribution in [1.29, 1.82) is 0 Å². The van der Waals surface area contributed by atoms with Crippen LogP contribution in [0.1, 0.15) is 10.5 Å². The molecule has 3 N–H and O–H groups in total. The third-order valence-corrected chi connectivity index (χ3v) is 2.61. The molecule has 18 heavy (non-hydrogen) atoms. The Bertz CT molecular complexity index is 461. The number of rotatable bonds is 3. The SMILES string of the molecule is NC(=O)C1COCCN1c1cnc(C(=O)O)cn1. The molecule has 2 heterocycles. The summed E-state index contributed by atoms with van der Waals surface area (Å²) in [5, 5.41) is 8.72. The minimum Gasteiger partial charge on any atom is -0.476 e. The molecular weight excluding hydrogens is 240 g/mol. The molecule has 0 aromatic carbocycles. The van der Waals surface area contributed by atoms with Gasteiger partial charge in [0.25, 0.3) is 0 Å². The standard InChI is InChI=1S/C10H12N4O4/c11-9(15)7-5-18-2-1-14(7)8-4-12-6(3-13-8)10(16)17/h3-4,7H,1-2,5H2,(H2,11,15)(H,16,17). The zero-order valence-corrected chi connectivity index (χ0v) is 9.44. The Kier molecular flexibility index (Phi) is 3.38. The number of carboxylic acids is 1. The number of primary amides is 1. The van der Waals surface area contributed by atoms with E-state index in [1.807, 2.05) is 0 Å². The van der Waals surface area contributed by atoms with Crippen LogP contribution < -0.4 is 10.6 Å². The molecule has 1 aliphatic heterocycles. The highest BCUT2D eigenvalue weighted by atomic mass is 16.5. The molecule has 1 saturated heterocycles. The van der Waals surface area contributed by atoms with Crippen molar-refractivity contribution in [2.45, 2.75) is 6.04 Å². The molecule has 1 unspecified atom stereocenters. The number of carboxylic acid groups (broad SMARTS) is 1. The van der Waals surface area contributed by atoms with Crippen molar-refractivity contribution >= 4 is 17.7 Å². The molecule has 0 aliphatic carbocycles. The molecule has 1 aliphatic rings. The second kappa shape index (κ2) is 4.96. The van der Waals surface area contributed by atoms with Crippen molar-refractivity contribution in [3.8, 4) is 0 Å². The molecular formula is C10H12N4O4. The maximum atomic E-state index is 11.3. The summed E-state index contributed by atoms with van der Waals surface area (Å²) < 4.78 is 5.17. The van der Waals surface area contributed by atoms with Crippen molar-refractivity contribution in [2.24, 2.45) is 5.73 Å². The quantitative estimate of drug-likeness (QED) is 0.698. The van der Waals surface area contributed by atoms with Crippen LogP contribution in [0.15, 0.2) is 12.4 Å². The lowest BCUT2D eigenvalue weighted by molar-refractivity contribution is -0.121. The fourth-order valence-corrected chi connectivity index (χ4v) is 1.69. The maximum absolute atomic E-state index is 11.3. The lowest BCUT2D eigenvalue weighted by Gasteiger charge is -2.34. The molecule has 0 spiro atoms. The smallest absolute Gasteiger partial charge is 0.356 e. The first-order valence-corrected chi connectivity index (χ1v) is 5.28. The van der Waals surface area contributed by atoms with E-state index in [0.717, 1.165) is 6.20 Å². The monoisotopic (exact) mass is 252 g/mol. The number of ether oxygens (including phenoxy) is 1. The van der Waals surface area contributed by atoms with E-state index in [2.05, 4.69) is 9.97 Å². The molecule has 1 aromatic heterocycles. The summed E-state index contributed by atoms with van der Waals surface area (Å²) in [5.74, 6) is -1.26. The Labute approximate surface area is 102 Å². The first-order chi connectivity index (χ1) is 8.59. The van der Waals surface area contributed by atoms with Crippen LogP contribution in [0, 0.1) is 0 Å². The Morgan fingerprint density at radius 3 is 2.78 bits per heavy atom. The molecule has 0 bridgehead atoms. The van der Waals surface area contributed by atoms with E-state index in [9.17, 15) is 9.59 Å². The number of nitrogens with two attached hydrogens (primary N) is 1. The third-order valence-electron chi connectivity index (χ3n) is 2.61. The second-order valence-electron chi connectivity index (χ2n) is 3.75. The van der Waals surface area contributed by atoms with E-state index < -0.39 is 17.9 Å². The van der Waals surface area contributed by atoms with Gasteiger partial charge in [-0.1, -0.05) is 0 Å². The summed E-state index contributed by atoms with van der Waals surface area (Å²) >= 11 is 0. The highest BCUT2D eigenvalue weighted by molar-refractivity contribution is 5.85. The van der Waals surface area contributed by atoms with Crippen LogP contribution in [-0.4, -0.2) is 52.8 Å². The van der Waals surface area contributed by atoms with Crippen molar-refractivity contribution in [2.75, 3.05) is 24.7 Å². The van der Waals surface area contributed by atoms with Gasteiger partial charge in [-0.2, -0.15) is 0 Å². The lowest BCUT2D eigenvalue weighted by Crippen LogP contribution is -2.53. The van der Waals surface area contributed by atoms with Gasteiger partial charge in [-0.3, -0.25) is 4.79 Å². The van der Waals surface area contributed by atoms with Gasteiger partial charge in [-0.05, 0) is 0 Å². The molecule has 1 aromatic rings. The van der Waals surface area contributed by atoms with Crippen molar-refractivity contribution in [3.63, 3.8) is 0 Å². The predicted molar refractivity (Wildman–Crippen MR) is 60.1 cm³/mol. The Hall–Kier alpha value is -2.22. The van der Waals surface area contributed by atoms with Crippen molar-refractivity contribution < 1.29 is 19.4 Å². The lowest BCUT2D eigenvalue weighted by atomic mass is 10.2. The highest BCUT2D eigenvalue weighted by Gasteiger charge is 2.28. The zero-order chi connectivity index (χ0) is 13.1. The number of anilines is 1. The highest BCUT2D eigenvalue weighted by Crippen LogP contribution is 2.16. The Morgan fingerprint density at radius 1 is 1.44 bits per heavy atom. The van der Waals surface area contributed by atoms with Crippen LogP contribution in [0.2, 0.25) is 0 Å². The second-order valence-corrected chi connectivity index (χ2v) is 3.75. The predicted octanol–water partition coefficient (Wildman–Crippen LogP) is -1.13. The fourth-order valence-electron chi connectivity index (χ4n) is 1.69. The number of carbonyl (C=O) groups is 2. The maximum Gasteiger partial charge on any atom is 0.356 e. The molecule has 0 saturated carbocycles. The van der Waals surface area contributed by atoms with Gasteiger partial charge in [-0.15, -0.1) is 0 Å². The third kappa shape index (κ3) is 2.38. The molecule has 8 nitrogen and oxygen atoms in total. The van der Waals surface area contributed by atoms with E-state index in [0.29, 0.717) is 19.0 Å².